The Bertz CT molecular complexity index is 1270. The summed E-state index contributed by atoms with van der Waals surface area (Å²) in [7, 11) is 0. The molecule has 2 heterocycles. The van der Waals surface area contributed by atoms with Crippen LogP contribution in [0.1, 0.15) is 63.4 Å². The molecule has 8 nitrogen and oxygen atoms in total. The van der Waals surface area contributed by atoms with E-state index in [1.165, 1.54) is 11.3 Å². The number of rotatable bonds is 7. The van der Waals surface area contributed by atoms with Gasteiger partial charge in [-0.05, 0) is 55.7 Å². The number of benzene rings is 1. The Hall–Kier alpha value is -2.92. The summed E-state index contributed by atoms with van der Waals surface area (Å²) in [5.41, 5.74) is 2.58. The van der Waals surface area contributed by atoms with E-state index >= 15 is 4.39 Å². The van der Waals surface area contributed by atoms with Crippen LogP contribution in [0.5, 0.6) is 0 Å². The van der Waals surface area contributed by atoms with Crippen molar-refractivity contribution in [3.05, 3.63) is 40.5 Å². The fourth-order valence-electron chi connectivity index (χ4n) is 4.98. The van der Waals surface area contributed by atoms with E-state index in [0.717, 1.165) is 32.2 Å². The molecule has 2 aliphatic rings. The van der Waals surface area contributed by atoms with Gasteiger partial charge >= 0.3 is 0 Å². The van der Waals surface area contributed by atoms with Gasteiger partial charge in [0.15, 0.2) is 11.8 Å². The highest BCUT2D eigenvalue weighted by Gasteiger charge is 2.54. The number of nitrogens with one attached hydrogen (secondary N) is 2. The number of hydrogen-bond acceptors (Lipinski definition) is 6. The summed E-state index contributed by atoms with van der Waals surface area (Å²) in [6.45, 7) is 10.2. The average Bonchev–Trinajstić information content (AvgIpc) is 3.34. The summed E-state index contributed by atoms with van der Waals surface area (Å²) < 4.78 is 29.6. The minimum absolute atomic E-state index is 0.0754. The summed E-state index contributed by atoms with van der Waals surface area (Å²) >= 11 is 1.54. The summed E-state index contributed by atoms with van der Waals surface area (Å²) in [5, 5.41) is 15.5. The Morgan fingerprint density at radius 3 is 2.41 bits per heavy atom. The quantitative estimate of drug-likeness (QED) is 0.478. The predicted octanol–water partition coefficient (Wildman–Crippen LogP) is 3.55. The third-order valence-electron chi connectivity index (χ3n) is 7.53. The maximum absolute atomic E-state index is 15.2. The molecule has 5 atom stereocenters. The summed E-state index contributed by atoms with van der Waals surface area (Å²) in [6.07, 6.45) is -3.44. The molecule has 1 saturated heterocycles. The Morgan fingerprint density at radius 2 is 1.87 bits per heavy atom. The third kappa shape index (κ3) is 5.84. The van der Waals surface area contributed by atoms with Crippen molar-refractivity contribution in [1.82, 2.24) is 20.5 Å². The molecule has 4 rings (SSSR count). The van der Waals surface area contributed by atoms with Crippen LogP contribution in [0.2, 0.25) is 0 Å². The lowest BCUT2D eigenvalue weighted by molar-refractivity contribution is -0.145. The van der Waals surface area contributed by atoms with Crippen molar-refractivity contribution < 1.29 is 28.3 Å². The van der Waals surface area contributed by atoms with Gasteiger partial charge in [-0.15, -0.1) is 11.3 Å². The number of β-amino-alcohol motifs (C(OH)–C–C–N with tert-alkyl or cyclic N) is 1. The van der Waals surface area contributed by atoms with Crippen LogP contribution in [-0.2, 0) is 14.4 Å². The molecule has 0 radical (unpaired) electrons. The van der Waals surface area contributed by atoms with Gasteiger partial charge in [0.25, 0.3) is 5.91 Å². The van der Waals surface area contributed by atoms with E-state index in [0.29, 0.717) is 0 Å². The molecule has 11 heteroatoms. The standard InChI is InChI=1S/C28H36F2N4O4S/c1-14-11-17(22-16(3)31-13-39-22)7-8-18(14)15(2)32-24(36)21-20(29)19(35)12-34(21)25(37)23(27(4,5)6)33-26(38)28(30)9-10-28/h7-8,11,13,15,19-21,23,35H,9-10,12H2,1-6H3,(H,32,36)(H,33,38)/t15-,19-,20-,21?,23+/m0/s1. The number of aryl methyl sites for hydroxylation is 2. The van der Waals surface area contributed by atoms with Crippen LogP contribution in [-0.4, -0.2) is 69.3 Å². The van der Waals surface area contributed by atoms with Crippen LogP contribution in [0.3, 0.4) is 0 Å². The SMILES string of the molecule is Cc1cc(-c2scnc2C)ccc1[C@H](C)NC(=O)C1[C@@H](F)[C@@H](O)CN1C(=O)[C@@H](NC(=O)C1(F)CC1)C(C)(C)C. The Kier molecular flexibility index (Phi) is 7.88. The topological polar surface area (TPSA) is 112 Å². The van der Waals surface area contributed by atoms with Crippen molar-refractivity contribution in [3.8, 4) is 10.4 Å². The molecule has 39 heavy (non-hydrogen) atoms. The van der Waals surface area contributed by atoms with Crippen LogP contribution in [0.4, 0.5) is 8.78 Å². The van der Waals surface area contributed by atoms with Gasteiger partial charge < -0.3 is 20.6 Å². The number of amides is 3. The number of aliphatic hydroxyl groups is 1. The Morgan fingerprint density at radius 1 is 1.21 bits per heavy atom. The number of hydrogen-bond donors (Lipinski definition) is 3. The molecular weight excluding hydrogens is 526 g/mol. The summed E-state index contributed by atoms with van der Waals surface area (Å²) in [4.78, 5) is 45.7. The van der Waals surface area contributed by atoms with Crippen LogP contribution >= 0.6 is 11.3 Å². The molecule has 212 valence electrons. The van der Waals surface area contributed by atoms with E-state index in [-0.39, 0.29) is 12.8 Å². The number of nitrogens with zero attached hydrogens (tertiary/aromatic N) is 2. The lowest BCUT2D eigenvalue weighted by Gasteiger charge is -2.36. The number of carbonyl (C=O) groups excluding carboxylic acids is 3. The average molecular weight is 563 g/mol. The molecule has 1 aromatic heterocycles. The van der Waals surface area contributed by atoms with Gasteiger partial charge in [0.1, 0.15) is 18.2 Å². The van der Waals surface area contributed by atoms with E-state index in [1.807, 2.05) is 32.0 Å². The molecule has 2 fully saturated rings. The van der Waals surface area contributed by atoms with Crippen molar-refractivity contribution in [1.29, 1.82) is 0 Å². The largest absolute Gasteiger partial charge is 0.388 e. The van der Waals surface area contributed by atoms with E-state index in [9.17, 15) is 23.9 Å². The first-order valence-electron chi connectivity index (χ1n) is 13.1. The zero-order chi connectivity index (χ0) is 28.9. The van der Waals surface area contributed by atoms with Gasteiger partial charge in [0.05, 0.1) is 28.7 Å². The first-order valence-corrected chi connectivity index (χ1v) is 14.0. The normalized spacial score (nSPS) is 23.7. The molecule has 1 saturated carbocycles. The summed E-state index contributed by atoms with van der Waals surface area (Å²) in [6, 6.07) is 2.50. The molecular formula is C28H36F2N4O4S. The highest BCUT2D eigenvalue weighted by molar-refractivity contribution is 7.13. The minimum Gasteiger partial charge on any atom is -0.388 e. The van der Waals surface area contributed by atoms with Gasteiger partial charge in [0, 0.05) is 0 Å². The van der Waals surface area contributed by atoms with Crippen LogP contribution < -0.4 is 10.6 Å². The van der Waals surface area contributed by atoms with Crippen LogP contribution in [0.15, 0.2) is 23.7 Å². The molecule has 1 unspecified atom stereocenters. The van der Waals surface area contributed by atoms with Crippen molar-refractivity contribution in [2.75, 3.05) is 6.54 Å². The Balaban J connectivity index is 1.52. The predicted molar refractivity (Wildman–Crippen MR) is 144 cm³/mol. The van der Waals surface area contributed by atoms with Crippen LogP contribution in [0.25, 0.3) is 10.4 Å². The third-order valence-corrected chi connectivity index (χ3v) is 8.51. The second-order valence-corrected chi connectivity index (χ2v) is 12.6. The molecule has 3 amide bonds. The zero-order valence-electron chi connectivity index (χ0n) is 23.0. The molecule has 1 aromatic carbocycles. The first-order chi connectivity index (χ1) is 18.1. The maximum Gasteiger partial charge on any atom is 0.258 e. The van der Waals surface area contributed by atoms with Gasteiger partial charge in [-0.25, -0.2) is 13.8 Å². The second-order valence-electron chi connectivity index (χ2n) is 11.8. The van der Waals surface area contributed by atoms with Crippen molar-refractivity contribution in [2.45, 2.75) is 90.5 Å². The number of aromatic nitrogens is 1. The fraction of sp³-hybridized carbons (Fsp3) is 0.571. The molecule has 2 aromatic rings. The monoisotopic (exact) mass is 562 g/mol. The maximum atomic E-state index is 15.2. The van der Waals surface area contributed by atoms with E-state index in [1.54, 1.807) is 33.2 Å². The van der Waals surface area contributed by atoms with Crippen LogP contribution in [0, 0.1) is 19.3 Å². The van der Waals surface area contributed by atoms with Gasteiger partial charge in [-0.2, -0.15) is 0 Å². The number of aliphatic hydroxyl groups excluding tert-OH is 1. The fourth-order valence-corrected chi connectivity index (χ4v) is 5.78. The number of likely N-dealkylation sites (tertiary alicyclic amines) is 1. The van der Waals surface area contributed by atoms with Crippen molar-refractivity contribution >= 4 is 29.1 Å². The molecule has 3 N–H and O–H groups in total. The van der Waals surface area contributed by atoms with Gasteiger partial charge in [0.2, 0.25) is 11.8 Å². The summed E-state index contributed by atoms with van der Waals surface area (Å²) in [5.74, 6) is -2.40. The minimum atomic E-state index is -2.02. The Labute approximate surface area is 231 Å². The first kappa shape index (κ1) is 29.1. The van der Waals surface area contributed by atoms with Crippen molar-refractivity contribution in [3.63, 3.8) is 0 Å². The number of thiazole rings is 1. The smallest absolute Gasteiger partial charge is 0.258 e. The van der Waals surface area contributed by atoms with Gasteiger partial charge in [-0.1, -0.05) is 39.0 Å². The number of carbonyl (C=O) groups is 3. The van der Waals surface area contributed by atoms with Crippen molar-refractivity contribution in [2.24, 2.45) is 5.41 Å². The molecule has 1 aliphatic heterocycles. The van der Waals surface area contributed by atoms with E-state index in [2.05, 4.69) is 15.6 Å². The highest BCUT2D eigenvalue weighted by atomic mass is 32.1. The number of alkyl halides is 2. The van der Waals surface area contributed by atoms with E-state index in [4.69, 9.17) is 0 Å². The molecule has 0 spiro atoms. The zero-order valence-corrected chi connectivity index (χ0v) is 23.9. The second kappa shape index (κ2) is 10.6. The lowest BCUT2D eigenvalue weighted by Crippen LogP contribution is -2.59. The molecule has 0 bridgehead atoms. The number of halogens is 2. The highest BCUT2D eigenvalue weighted by Crippen LogP contribution is 2.40. The molecule has 1 aliphatic carbocycles. The van der Waals surface area contributed by atoms with Gasteiger partial charge in [-0.3, -0.25) is 14.4 Å². The lowest BCUT2D eigenvalue weighted by atomic mass is 9.85. The van der Waals surface area contributed by atoms with E-state index < -0.39 is 65.8 Å².